The first-order chi connectivity index (χ1) is 10.0. The molecule has 1 rings (SSSR count). The summed E-state index contributed by atoms with van der Waals surface area (Å²) in [5.74, 6) is 0.336. The lowest BCUT2D eigenvalue weighted by molar-refractivity contribution is -0.133. The average molecular weight is 292 g/mol. The molecule has 0 bridgehead atoms. The number of carbonyl (C=O) groups excluding carboxylic acids is 2. The Kier molecular flexibility index (Phi) is 7.51. The molecule has 0 atom stereocenters. The van der Waals surface area contributed by atoms with Crippen LogP contribution in [0.25, 0.3) is 0 Å². The van der Waals surface area contributed by atoms with E-state index in [1.54, 1.807) is 18.2 Å². The Morgan fingerprint density at radius 3 is 2.24 bits per heavy atom. The zero-order valence-corrected chi connectivity index (χ0v) is 13.1. The van der Waals surface area contributed by atoms with Crippen LogP contribution in [0.5, 0.6) is 11.5 Å². The van der Waals surface area contributed by atoms with Crippen molar-refractivity contribution in [3.05, 3.63) is 23.8 Å². The van der Waals surface area contributed by atoms with Crippen LogP contribution in [0.1, 0.15) is 58.4 Å². The third-order valence-electron chi connectivity index (χ3n) is 3.10. The van der Waals surface area contributed by atoms with E-state index in [0.717, 1.165) is 24.8 Å². The highest BCUT2D eigenvalue weighted by atomic mass is 16.5. The van der Waals surface area contributed by atoms with Crippen molar-refractivity contribution in [3.63, 3.8) is 0 Å². The number of ether oxygens (including phenoxy) is 2. The van der Waals surface area contributed by atoms with Crippen molar-refractivity contribution in [1.29, 1.82) is 0 Å². The average Bonchev–Trinajstić information content (AvgIpc) is 2.40. The molecule has 0 N–H and O–H groups in total. The first-order valence-electron chi connectivity index (χ1n) is 7.52. The minimum Gasteiger partial charge on any atom is -0.427 e. The predicted molar refractivity (Wildman–Crippen MR) is 81.5 cm³/mol. The van der Waals surface area contributed by atoms with Gasteiger partial charge in [-0.2, -0.15) is 0 Å². The summed E-state index contributed by atoms with van der Waals surface area (Å²) in [6.45, 7) is 4.93. The first kappa shape index (κ1) is 17.2. The van der Waals surface area contributed by atoms with Crippen LogP contribution >= 0.6 is 0 Å². The minimum absolute atomic E-state index is 0.345. The van der Waals surface area contributed by atoms with Crippen LogP contribution < -0.4 is 9.47 Å². The molecule has 0 fully saturated rings. The number of rotatable bonds is 8. The van der Waals surface area contributed by atoms with E-state index in [-0.39, 0.29) is 11.9 Å². The number of unbranched alkanes of at least 4 members (excludes halogenated alkanes) is 4. The fourth-order valence-corrected chi connectivity index (χ4v) is 2.15. The summed E-state index contributed by atoms with van der Waals surface area (Å²) in [5.41, 5.74) is 0.903. The topological polar surface area (TPSA) is 52.6 Å². The van der Waals surface area contributed by atoms with Crippen molar-refractivity contribution < 1.29 is 19.1 Å². The lowest BCUT2D eigenvalue weighted by Crippen LogP contribution is -2.06. The molecule has 0 heterocycles. The molecule has 0 aliphatic carbocycles. The molecule has 4 nitrogen and oxygen atoms in total. The summed E-state index contributed by atoms with van der Waals surface area (Å²) in [5, 5.41) is 0. The van der Waals surface area contributed by atoms with E-state index in [1.807, 2.05) is 0 Å². The number of esters is 2. The van der Waals surface area contributed by atoms with E-state index in [4.69, 9.17) is 9.47 Å². The highest BCUT2D eigenvalue weighted by molar-refractivity contribution is 5.71. The zero-order valence-electron chi connectivity index (χ0n) is 13.1. The molecule has 0 radical (unpaired) electrons. The Balaban J connectivity index is 2.73. The van der Waals surface area contributed by atoms with Crippen LogP contribution in [0.3, 0.4) is 0 Å². The third kappa shape index (κ3) is 6.93. The van der Waals surface area contributed by atoms with Crippen LogP contribution in [0.15, 0.2) is 18.2 Å². The highest BCUT2D eigenvalue weighted by Crippen LogP contribution is 2.26. The van der Waals surface area contributed by atoms with E-state index in [1.165, 1.54) is 33.1 Å². The Labute approximate surface area is 126 Å². The van der Waals surface area contributed by atoms with Crippen molar-refractivity contribution in [2.45, 2.75) is 59.3 Å². The van der Waals surface area contributed by atoms with E-state index >= 15 is 0 Å². The number of carbonyl (C=O) groups is 2. The van der Waals surface area contributed by atoms with Gasteiger partial charge in [0, 0.05) is 13.8 Å². The van der Waals surface area contributed by atoms with Gasteiger partial charge in [0.25, 0.3) is 0 Å². The number of hydrogen-bond donors (Lipinski definition) is 0. The Hall–Kier alpha value is -1.84. The summed E-state index contributed by atoms with van der Waals surface area (Å²) in [4.78, 5) is 22.1. The van der Waals surface area contributed by atoms with Gasteiger partial charge in [-0.05, 0) is 36.6 Å². The molecule has 21 heavy (non-hydrogen) atoms. The van der Waals surface area contributed by atoms with Gasteiger partial charge < -0.3 is 9.47 Å². The van der Waals surface area contributed by atoms with Gasteiger partial charge in [-0.25, -0.2) is 0 Å². The van der Waals surface area contributed by atoms with Crippen molar-refractivity contribution in [2.24, 2.45) is 0 Å². The van der Waals surface area contributed by atoms with Gasteiger partial charge in [-0.3, -0.25) is 9.59 Å². The summed E-state index contributed by atoms with van der Waals surface area (Å²) in [7, 11) is 0. The van der Waals surface area contributed by atoms with Gasteiger partial charge in [0.2, 0.25) is 0 Å². The maximum Gasteiger partial charge on any atom is 0.308 e. The van der Waals surface area contributed by atoms with E-state index in [0.29, 0.717) is 11.5 Å². The summed E-state index contributed by atoms with van der Waals surface area (Å²) >= 11 is 0. The molecule has 0 amide bonds. The Bertz CT molecular complexity index is 480. The smallest absolute Gasteiger partial charge is 0.308 e. The monoisotopic (exact) mass is 292 g/mol. The van der Waals surface area contributed by atoms with Crippen LogP contribution in [-0.2, 0) is 16.0 Å². The van der Waals surface area contributed by atoms with E-state index in [9.17, 15) is 9.59 Å². The summed E-state index contributed by atoms with van der Waals surface area (Å²) < 4.78 is 10.3. The molecule has 0 saturated heterocycles. The molecule has 0 aliphatic heterocycles. The Morgan fingerprint density at radius 2 is 1.62 bits per heavy atom. The molecule has 4 heteroatoms. The number of benzene rings is 1. The van der Waals surface area contributed by atoms with Gasteiger partial charge >= 0.3 is 11.9 Å². The fourth-order valence-electron chi connectivity index (χ4n) is 2.15. The molecule has 1 aromatic rings. The fraction of sp³-hybridized carbons (Fsp3) is 0.529. The minimum atomic E-state index is -0.357. The second-order valence-corrected chi connectivity index (χ2v) is 5.12. The quantitative estimate of drug-likeness (QED) is 0.412. The second kappa shape index (κ2) is 9.16. The summed E-state index contributed by atoms with van der Waals surface area (Å²) in [6.07, 6.45) is 6.64. The van der Waals surface area contributed by atoms with Crippen molar-refractivity contribution in [1.82, 2.24) is 0 Å². The van der Waals surface area contributed by atoms with Gasteiger partial charge in [0.15, 0.2) is 0 Å². The van der Waals surface area contributed by atoms with Gasteiger partial charge in [-0.15, -0.1) is 0 Å². The standard InChI is InChI=1S/C17H24O4/c1-4-5-6-7-8-9-15-12-16(20-13(2)18)10-11-17(15)21-14(3)19/h10-12H,4-9H2,1-3H3. The van der Waals surface area contributed by atoms with Crippen LogP contribution in [0.2, 0.25) is 0 Å². The molecule has 1 aromatic carbocycles. The second-order valence-electron chi connectivity index (χ2n) is 5.12. The van der Waals surface area contributed by atoms with E-state index < -0.39 is 0 Å². The lowest BCUT2D eigenvalue weighted by atomic mass is 10.0. The molecule has 0 aromatic heterocycles. The third-order valence-corrected chi connectivity index (χ3v) is 3.10. The zero-order chi connectivity index (χ0) is 15.7. The van der Waals surface area contributed by atoms with Crippen LogP contribution in [0, 0.1) is 0 Å². The molecular weight excluding hydrogens is 268 g/mol. The Morgan fingerprint density at radius 1 is 0.952 bits per heavy atom. The molecule has 0 unspecified atom stereocenters. The maximum absolute atomic E-state index is 11.1. The number of hydrogen-bond acceptors (Lipinski definition) is 4. The maximum atomic E-state index is 11.1. The summed E-state index contributed by atoms with van der Waals surface area (Å²) in [6, 6.07) is 5.10. The molecule has 0 saturated carbocycles. The predicted octanol–water partition coefficient (Wildman–Crippen LogP) is 4.05. The van der Waals surface area contributed by atoms with E-state index in [2.05, 4.69) is 6.92 Å². The first-order valence-corrected chi connectivity index (χ1v) is 7.52. The SMILES string of the molecule is CCCCCCCc1cc(OC(C)=O)ccc1OC(C)=O. The van der Waals surface area contributed by atoms with Crippen molar-refractivity contribution in [2.75, 3.05) is 0 Å². The van der Waals surface area contributed by atoms with Gasteiger partial charge in [0.05, 0.1) is 0 Å². The van der Waals surface area contributed by atoms with Gasteiger partial charge in [-0.1, -0.05) is 32.6 Å². The highest BCUT2D eigenvalue weighted by Gasteiger charge is 2.09. The molecular formula is C17H24O4. The van der Waals surface area contributed by atoms with Crippen molar-refractivity contribution >= 4 is 11.9 Å². The van der Waals surface area contributed by atoms with Gasteiger partial charge in [0.1, 0.15) is 11.5 Å². The largest absolute Gasteiger partial charge is 0.427 e. The van der Waals surface area contributed by atoms with Crippen LogP contribution in [0.4, 0.5) is 0 Å². The number of aryl methyl sites for hydroxylation is 1. The van der Waals surface area contributed by atoms with Crippen molar-refractivity contribution in [3.8, 4) is 11.5 Å². The van der Waals surface area contributed by atoms with Crippen LogP contribution in [-0.4, -0.2) is 11.9 Å². The molecule has 0 aliphatic rings. The lowest BCUT2D eigenvalue weighted by Gasteiger charge is -2.11. The normalized spacial score (nSPS) is 10.2. The molecule has 0 spiro atoms. The molecule has 116 valence electrons.